The fourth-order valence-electron chi connectivity index (χ4n) is 2.14. The fourth-order valence-corrected chi connectivity index (χ4v) is 3.69. The number of nitrogens with two attached hydrogens (primary N) is 1. The Kier molecular flexibility index (Phi) is 3.54. The van der Waals surface area contributed by atoms with Crippen LogP contribution in [0.1, 0.15) is 0 Å². The Labute approximate surface area is 132 Å². The van der Waals surface area contributed by atoms with E-state index in [9.17, 15) is 8.78 Å². The average molecular weight is 370 g/mol. The molecule has 0 fully saturated rings. The molecule has 3 rings (SSSR count). The molecule has 0 saturated heterocycles. The smallest absolute Gasteiger partial charge is 0.129 e. The van der Waals surface area contributed by atoms with Crippen LogP contribution in [0.3, 0.4) is 0 Å². The minimum Gasteiger partial charge on any atom is -0.383 e. The highest BCUT2D eigenvalue weighted by molar-refractivity contribution is 9.10. The largest absolute Gasteiger partial charge is 0.383 e. The highest BCUT2D eigenvalue weighted by atomic mass is 79.9. The number of nitrogen functional groups attached to an aromatic ring is 1. The van der Waals surface area contributed by atoms with Gasteiger partial charge >= 0.3 is 0 Å². The maximum absolute atomic E-state index is 13.5. The minimum absolute atomic E-state index is 0.357. The molecular formula is C14H10BrF2N3S. The lowest BCUT2D eigenvalue weighted by Gasteiger charge is -2.04. The first-order valence-corrected chi connectivity index (χ1v) is 7.67. The SMILES string of the molecule is Cn1nc(-c2sccc2Br)c(-c2cc(F)cc(F)c2)c1N. The topological polar surface area (TPSA) is 43.8 Å². The first-order valence-electron chi connectivity index (χ1n) is 5.99. The number of aromatic nitrogens is 2. The molecule has 2 aromatic heterocycles. The summed E-state index contributed by atoms with van der Waals surface area (Å²) in [5.74, 6) is -0.941. The molecule has 0 radical (unpaired) electrons. The lowest BCUT2D eigenvalue weighted by atomic mass is 10.0. The molecule has 108 valence electrons. The van der Waals surface area contributed by atoms with Gasteiger partial charge in [-0.15, -0.1) is 11.3 Å². The third kappa shape index (κ3) is 2.47. The molecule has 0 aliphatic heterocycles. The lowest BCUT2D eigenvalue weighted by Crippen LogP contribution is -1.98. The van der Waals surface area contributed by atoms with Gasteiger partial charge in [-0.2, -0.15) is 5.10 Å². The normalized spacial score (nSPS) is 11.0. The van der Waals surface area contributed by atoms with Crippen molar-refractivity contribution in [1.29, 1.82) is 0 Å². The summed E-state index contributed by atoms with van der Waals surface area (Å²) >= 11 is 4.92. The van der Waals surface area contributed by atoms with Crippen molar-refractivity contribution in [2.24, 2.45) is 7.05 Å². The predicted octanol–water partition coefficient (Wildman–Crippen LogP) is 4.44. The van der Waals surface area contributed by atoms with Crippen LogP contribution in [-0.2, 0) is 7.05 Å². The van der Waals surface area contributed by atoms with E-state index in [4.69, 9.17) is 5.73 Å². The van der Waals surface area contributed by atoms with Gasteiger partial charge in [-0.3, -0.25) is 4.68 Å². The number of halogens is 3. The molecule has 2 N–H and O–H groups in total. The zero-order chi connectivity index (χ0) is 15.1. The van der Waals surface area contributed by atoms with Gasteiger partial charge in [0.2, 0.25) is 0 Å². The molecule has 7 heteroatoms. The molecular weight excluding hydrogens is 360 g/mol. The number of nitrogens with zero attached hydrogens (tertiary/aromatic N) is 2. The second kappa shape index (κ2) is 5.23. The van der Waals surface area contributed by atoms with Gasteiger partial charge in [0.25, 0.3) is 0 Å². The summed E-state index contributed by atoms with van der Waals surface area (Å²) in [5.41, 5.74) is 7.53. The van der Waals surface area contributed by atoms with Crippen LogP contribution in [0.25, 0.3) is 21.7 Å². The van der Waals surface area contributed by atoms with Crippen molar-refractivity contribution < 1.29 is 8.78 Å². The molecule has 1 aromatic carbocycles. The van der Waals surface area contributed by atoms with Gasteiger partial charge in [0.05, 0.1) is 10.4 Å². The van der Waals surface area contributed by atoms with Crippen LogP contribution < -0.4 is 5.73 Å². The lowest BCUT2D eigenvalue weighted by molar-refractivity contribution is 0.584. The Morgan fingerprint density at radius 2 is 1.90 bits per heavy atom. The van der Waals surface area contributed by atoms with E-state index in [0.717, 1.165) is 15.4 Å². The maximum atomic E-state index is 13.5. The van der Waals surface area contributed by atoms with Crippen LogP contribution in [0.5, 0.6) is 0 Å². The second-order valence-electron chi connectivity index (χ2n) is 4.49. The molecule has 0 spiro atoms. The first kappa shape index (κ1) is 14.2. The number of hydrogen-bond acceptors (Lipinski definition) is 3. The number of benzene rings is 1. The quantitative estimate of drug-likeness (QED) is 0.725. The van der Waals surface area contributed by atoms with E-state index >= 15 is 0 Å². The summed E-state index contributed by atoms with van der Waals surface area (Å²) in [4.78, 5) is 0.863. The number of hydrogen-bond donors (Lipinski definition) is 1. The van der Waals surface area contributed by atoms with Crippen molar-refractivity contribution in [2.75, 3.05) is 5.73 Å². The molecule has 3 nitrogen and oxygen atoms in total. The van der Waals surface area contributed by atoms with E-state index in [2.05, 4.69) is 21.0 Å². The number of anilines is 1. The monoisotopic (exact) mass is 369 g/mol. The Morgan fingerprint density at radius 3 is 2.48 bits per heavy atom. The number of rotatable bonds is 2. The highest BCUT2D eigenvalue weighted by Crippen LogP contribution is 2.41. The molecule has 0 saturated carbocycles. The van der Waals surface area contributed by atoms with Gasteiger partial charge < -0.3 is 5.73 Å². The average Bonchev–Trinajstić information content (AvgIpc) is 2.93. The number of thiophene rings is 1. The van der Waals surface area contributed by atoms with Crippen molar-refractivity contribution >= 4 is 33.1 Å². The summed E-state index contributed by atoms with van der Waals surface area (Å²) < 4.78 is 29.3. The zero-order valence-electron chi connectivity index (χ0n) is 10.9. The van der Waals surface area contributed by atoms with E-state index < -0.39 is 11.6 Å². The van der Waals surface area contributed by atoms with Crippen LogP contribution in [-0.4, -0.2) is 9.78 Å². The van der Waals surface area contributed by atoms with Gasteiger partial charge in [0.1, 0.15) is 23.1 Å². The summed E-state index contributed by atoms with van der Waals surface area (Å²) in [6, 6.07) is 5.22. The Morgan fingerprint density at radius 1 is 1.24 bits per heavy atom. The Bertz CT molecular complexity index is 805. The van der Waals surface area contributed by atoms with Gasteiger partial charge in [-0.05, 0) is 45.1 Å². The van der Waals surface area contributed by atoms with Gasteiger partial charge in [-0.1, -0.05) is 0 Å². The number of aryl methyl sites for hydroxylation is 1. The molecule has 21 heavy (non-hydrogen) atoms. The molecule has 0 atom stereocenters. The molecule has 3 aromatic rings. The predicted molar refractivity (Wildman–Crippen MR) is 84.0 cm³/mol. The van der Waals surface area contributed by atoms with E-state index in [1.54, 1.807) is 7.05 Å². The van der Waals surface area contributed by atoms with Gasteiger partial charge in [-0.25, -0.2) is 8.78 Å². The van der Waals surface area contributed by atoms with E-state index in [0.29, 0.717) is 22.6 Å². The molecule has 0 amide bonds. The van der Waals surface area contributed by atoms with Crippen molar-refractivity contribution in [3.63, 3.8) is 0 Å². The van der Waals surface area contributed by atoms with E-state index in [-0.39, 0.29) is 0 Å². The zero-order valence-corrected chi connectivity index (χ0v) is 13.3. The molecule has 0 aliphatic rings. The van der Waals surface area contributed by atoms with Crippen molar-refractivity contribution in [1.82, 2.24) is 9.78 Å². The third-order valence-corrected chi connectivity index (χ3v) is 4.92. The standard InChI is InChI=1S/C14H10BrF2N3S/c1-20-14(18)11(7-4-8(16)6-9(17)5-7)12(19-20)13-10(15)2-3-21-13/h2-6H,18H2,1H3. The Balaban J connectivity index is 2.29. The van der Waals surface area contributed by atoms with Crippen molar-refractivity contribution in [3.05, 3.63) is 45.8 Å². The Hall–Kier alpha value is -1.73. The molecule has 0 bridgehead atoms. The first-order chi connectivity index (χ1) is 9.97. The molecule has 0 unspecified atom stereocenters. The summed E-state index contributed by atoms with van der Waals surface area (Å²) in [5, 5.41) is 6.28. The van der Waals surface area contributed by atoms with Gasteiger partial charge in [0, 0.05) is 17.6 Å². The maximum Gasteiger partial charge on any atom is 0.129 e. The minimum atomic E-state index is -0.649. The van der Waals surface area contributed by atoms with E-state index in [1.165, 1.54) is 28.2 Å². The fraction of sp³-hybridized carbons (Fsp3) is 0.0714. The third-order valence-electron chi connectivity index (χ3n) is 3.08. The van der Waals surface area contributed by atoms with Crippen LogP contribution in [0.2, 0.25) is 0 Å². The van der Waals surface area contributed by atoms with Crippen molar-refractivity contribution in [3.8, 4) is 21.7 Å². The summed E-state index contributed by atoms with van der Waals surface area (Å²) in [6.45, 7) is 0. The van der Waals surface area contributed by atoms with E-state index in [1.807, 2.05) is 11.4 Å². The summed E-state index contributed by atoms with van der Waals surface area (Å²) in [7, 11) is 1.69. The molecule has 0 aliphatic carbocycles. The highest BCUT2D eigenvalue weighted by Gasteiger charge is 2.21. The van der Waals surface area contributed by atoms with Crippen LogP contribution in [0, 0.1) is 11.6 Å². The van der Waals surface area contributed by atoms with Crippen LogP contribution in [0.15, 0.2) is 34.1 Å². The van der Waals surface area contributed by atoms with Gasteiger partial charge in [0.15, 0.2) is 0 Å². The van der Waals surface area contributed by atoms with Crippen LogP contribution in [0.4, 0.5) is 14.6 Å². The summed E-state index contributed by atoms with van der Waals surface area (Å²) in [6.07, 6.45) is 0. The van der Waals surface area contributed by atoms with Crippen LogP contribution >= 0.6 is 27.3 Å². The molecule has 2 heterocycles. The second-order valence-corrected chi connectivity index (χ2v) is 6.26. The van der Waals surface area contributed by atoms with Crippen molar-refractivity contribution in [2.45, 2.75) is 0 Å².